The Balaban J connectivity index is 2.56. The van der Waals surface area contributed by atoms with E-state index in [4.69, 9.17) is 4.42 Å². The minimum atomic E-state index is -3.86. The van der Waals surface area contributed by atoms with E-state index in [1.807, 2.05) is 6.92 Å². The average molecular weight is 315 g/mol. The van der Waals surface area contributed by atoms with E-state index < -0.39 is 16.0 Å². The monoisotopic (exact) mass is 315 g/mol. The number of nitrogens with zero attached hydrogens (tertiary/aromatic N) is 1. The summed E-state index contributed by atoms with van der Waals surface area (Å²) in [6, 6.07) is -0.131. The Morgan fingerprint density at radius 2 is 1.90 bits per heavy atom. The van der Waals surface area contributed by atoms with Gasteiger partial charge in [0.25, 0.3) is 0 Å². The number of carboxylic acids is 1. The Hall–Kier alpha value is -1.34. The molecule has 1 atom stereocenters. The molecule has 2 heterocycles. The Labute approximate surface area is 124 Å². The highest BCUT2D eigenvalue weighted by atomic mass is 32.2. The van der Waals surface area contributed by atoms with Crippen LogP contribution >= 0.6 is 0 Å². The number of aryl methyl sites for hydroxylation is 2. The second-order valence-corrected chi connectivity index (χ2v) is 7.37. The van der Waals surface area contributed by atoms with Gasteiger partial charge in [-0.15, -0.1) is 0 Å². The SMILES string of the molecule is Cc1oc(C)c(S(=O)(=O)N2CCCCCC2C)c1C(=O)O. The van der Waals surface area contributed by atoms with Crippen LogP contribution in [0.5, 0.6) is 0 Å². The maximum absolute atomic E-state index is 12.9. The van der Waals surface area contributed by atoms with Crippen LogP contribution in [0.3, 0.4) is 0 Å². The molecule has 118 valence electrons. The molecule has 7 heteroatoms. The summed E-state index contributed by atoms with van der Waals surface area (Å²) in [6.45, 7) is 5.26. The van der Waals surface area contributed by atoms with Gasteiger partial charge in [-0.2, -0.15) is 4.31 Å². The zero-order valence-corrected chi connectivity index (χ0v) is 13.4. The van der Waals surface area contributed by atoms with Gasteiger partial charge in [0.2, 0.25) is 10.0 Å². The molecule has 1 aromatic heterocycles. The van der Waals surface area contributed by atoms with Crippen LogP contribution < -0.4 is 0 Å². The summed E-state index contributed by atoms with van der Waals surface area (Å²) < 4.78 is 32.5. The molecular formula is C14H21NO5S. The molecule has 1 aromatic rings. The Kier molecular flexibility index (Phi) is 4.43. The third-order valence-corrected chi connectivity index (χ3v) is 6.15. The molecule has 1 saturated heterocycles. The number of rotatable bonds is 3. The summed E-state index contributed by atoms with van der Waals surface area (Å²) in [5.41, 5.74) is -0.246. The predicted molar refractivity (Wildman–Crippen MR) is 77.0 cm³/mol. The largest absolute Gasteiger partial charge is 0.478 e. The fraction of sp³-hybridized carbons (Fsp3) is 0.643. The van der Waals surface area contributed by atoms with Crippen molar-refractivity contribution in [2.45, 2.75) is 57.4 Å². The topological polar surface area (TPSA) is 87.8 Å². The number of hydrogen-bond acceptors (Lipinski definition) is 4. The molecule has 1 unspecified atom stereocenters. The molecule has 2 rings (SSSR count). The molecule has 1 aliphatic rings. The fourth-order valence-electron chi connectivity index (χ4n) is 2.94. The van der Waals surface area contributed by atoms with E-state index in [9.17, 15) is 18.3 Å². The van der Waals surface area contributed by atoms with Crippen LogP contribution in [0, 0.1) is 13.8 Å². The van der Waals surface area contributed by atoms with E-state index in [1.54, 1.807) is 0 Å². The van der Waals surface area contributed by atoms with E-state index in [-0.39, 0.29) is 28.0 Å². The molecule has 0 saturated carbocycles. The van der Waals surface area contributed by atoms with E-state index in [0.717, 1.165) is 25.7 Å². The van der Waals surface area contributed by atoms with Crippen LogP contribution in [0.1, 0.15) is 54.5 Å². The van der Waals surface area contributed by atoms with Gasteiger partial charge < -0.3 is 9.52 Å². The predicted octanol–water partition coefficient (Wildman–Crippen LogP) is 2.55. The van der Waals surface area contributed by atoms with Crippen LogP contribution in [0.15, 0.2) is 9.31 Å². The Morgan fingerprint density at radius 1 is 1.24 bits per heavy atom. The summed E-state index contributed by atoms with van der Waals surface area (Å²) in [6.07, 6.45) is 3.56. The molecule has 0 aromatic carbocycles. The minimum Gasteiger partial charge on any atom is -0.478 e. The van der Waals surface area contributed by atoms with Gasteiger partial charge in [0.1, 0.15) is 22.0 Å². The van der Waals surface area contributed by atoms with Gasteiger partial charge in [-0.25, -0.2) is 13.2 Å². The van der Waals surface area contributed by atoms with Gasteiger partial charge >= 0.3 is 5.97 Å². The van der Waals surface area contributed by atoms with Crippen molar-refractivity contribution in [2.24, 2.45) is 0 Å². The molecule has 1 N–H and O–H groups in total. The average Bonchev–Trinajstić information content (AvgIpc) is 2.55. The van der Waals surface area contributed by atoms with E-state index in [2.05, 4.69) is 0 Å². The highest BCUT2D eigenvalue weighted by molar-refractivity contribution is 7.89. The molecule has 6 nitrogen and oxygen atoms in total. The highest BCUT2D eigenvalue weighted by Gasteiger charge is 2.37. The molecule has 0 aliphatic carbocycles. The first-order valence-corrected chi connectivity index (χ1v) is 8.56. The number of sulfonamides is 1. The van der Waals surface area contributed by atoms with Crippen molar-refractivity contribution in [1.29, 1.82) is 0 Å². The van der Waals surface area contributed by atoms with Crippen LogP contribution in [-0.2, 0) is 10.0 Å². The number of hydrogen-bond donors (Lipinski definition) is 1. The summed E-state index contributed by atoms with van der Waals surface area (Å²) in [4.78, 5) is 11.2. The van der Waals surface area contributed by atoms with Crippen molar-refractivity contribution in [3.8, 4) is 0 Å². The first-order valence-electron chi connectivity index (χ1n) is 7.12. The molecule has 0 amide bonds. The summed E-state index contributed by atoms with van der Waals surface area (Å²) in [7, 11) is -3.86. The van der Waals surface area contributed by atoms with Gasteiger partial charge in [-0.05, 0) is 33.6 Å². The van der Waals surface area contributed by atoms with E-state index in [1.165, 1.54) is 18.2 Å². The van der Waals surface area contributed by atoms with Gasteiger partial charge in [-0.1, -0.05) is 12.8 Å². The molecule has 1 fully saturated rings. The van der Waals surface area contributed by atoms with Crippen molar-refractivity contribution in [3.63, 3.8) is 0 Å². The summed E-state index contributed by atoms with van der Waals surface area (Å²) in [5.74, 6) is -1.01. The van der Waals surface area contributed by atoms with Gasteiger partial charge in [0.15, 0.2) is 0 Å². The lowest BCUT2D eigenvalue weighted by molar-refractivity contribution is 0.0691. The Morgan fingerprint density at radius 3 is 2.52 bits per heavy atom. The lowest BCUT2D eigenvalue weighted by atomic mass is 10.1. The Bertz CT molecular complexity index is 647. The summed E-state index contributed by atoms with van der Waals surface area (Å²) in [5, 5.41) is 9.30. The molecule has 1 aliphatic heterocycles. The van der Waals surface area contributed by atoms with Gasteiger partial charge in [-0.3, -0.25) is 0 Å². The lowest BCUT2D eigenvalue weighted by Gasteiger charge is -2.26. The molecule has 0 bridgehead atoms. The third kappa shape index (κ3) is 2.85. The number of furan rings is 1. The zero-order valence-electron chi connectivity index (χ0n) is 12.5. The first kappa shape index (κ1) is 16.0. The van der Waals surface area contributed by atoms with E-state index >= 15 is 0 Å². The maximum Gasteiger partial charge on any atom is 0.340 e. The molecule has 0 radical (unpaired) electrons. The third-order valence-electron chi connectivity index (χ3n) is 3.98. The summed E-state index contributed by atoms with van der Waals surface area (Å²) >= 11 is 0. The molecular weight excluding hydrogens is 294 g/mol. The van der Waals surface area contributed by atoms with E-state index in [0.29, 0.717) is 6.54 Å². The van der Waals surface area contributed by atoms with Gasteiger partial charge in [0.05, 0.1) is 0 Å². The maximum atomic E-state index is 12.9. The standard InChI is InChI=1S/C14H21NO5S/c1-9-7-5-4-6-8-15(9)21(18,19)13-11(3)20-10(2)12(13)14(16)17/h9H,4-8H2,1-3H3,(H,16,17). The second-order valence-electron chi connectivity index (χ2n) is 5.54. The second kappa shape index (κ2) is 5.81. The number of carbonyl (C=O) groups is 1. The molecule has 0 spiro atoms. The lowest BCUT2D eigenvalue weighted by Crippen LogP contribution is -2.38. The van der Waals surface area contributed by atoms with Crippen molar-refractivity contribution in [1.82, 2.24) is 4.31 Å². The number of carboxylic acid groups (broad SMARTS) is 1. The van der Waals surface area contributed by atoms with Crippen molar-refractivity contribution in [2.75, 3.05) is 6.54 Å². The van der Waals surface area contributed by atoms with Crippen molar-refractivity contribution in [3.05, 3.63) is 17.1 Å². The van der Waals surface area contributed by atoms with Gasteiger partial charge in [0, 0.05) is 12.6 Å². The highest BCUT2D eigenvalue weighted by Crippen LogP contribution is 2.32. The fourth-order valence-corrected chi connectivity index (χ4v) is 5.02. The van der Waals surface area contributed by atoms with Crippen molar-refractivity contribution < 1.29 is 22.7 Å². The quantitative estimate of drug-likeness (QED) is 0.926. The van der Waals surface area contributed by atoms with Crippen LogP contribution in [0.2, 0.25) is 0 Å². The normalized spacial score (nSPS) is 21.2. The first-order chi connectivity index (χ1) is 9.76. The smallest absolute Gasteiger partial charge is 0.340 e. The zero-order chi connectivity index (χ0) is 15.8. The van der Waals surface area contributed by atoms with Crippen LogP contribution in [0.25, 0.3) is 0 Å². The minimum absolute atomic E-state index is 0.126. The van der Waals surface area contributed by atoms with Crippen LogP contribution in [-0.4, -0.2) is 36.4 Å². The molecule has 21 heavy (non-hydrogen) atoms. The van der Waals surface area contributed by atoms with Crippen molar-refractivity contribution >= 4 is 16.0 Å². The van der Waals surface area contributed by atoms with Crippen LogP contribution in [0.4, 0.5) is 0 Å². The number of aromatic carboxylic acids is 1.